The van der Waals surface area contributed by atoms with Crippen molar-refractivity contribution in [1.29, 1.82) is 0 Å². The molecule has 1 saturated carbocycles. The van der Waals surface area contributed by atoms with E-state index in [1.54, 1.807) is 0 Å². The van der Waals surface area contributed by atoms with Gasteiger partial charge in [-0.25, -0.2) is 0 Å². The zero-order chi connectivity index (χ0) is 12.9. The Balaban J connectivity index is 2.36. The molecular formula is C15H32N2. The van der Waals surface area contributed by atoms with E-state index in [1.165, 1.54) is 45.3 Å². The Kier molecular flexibility index (Phi) is 5.94. The zero-order valence-electron chi connectivity index (χ0n) is 12.3. The lowest BCUT2D eigenvalue weighted by Crippen LogP contribution is -2.42. The molecule has 2 N–H and O–H groups in total. The second-order valence-corrected chi connectivity index (χ2v) is 6.85. The van der Waals surface area contributed by atoms with E-state index in [0.717, 1.165) is 18.4 Å². The van der Waals surface area contributed by atoms with E-state index < -0.39 is 0 Å². The van der Waals surface area contributed by atoms with Crippen LogP contribution in [0.15, 0.2) is 0 Å². The van der Waals surface area contributed by atoms with Gasteiger partial charge in [-0.1, -0.05) is 34.1 Å². The van der Waals surface area contributed by atoms with Crippen molar-refractivity contribution in [3.8, 4) is 0 Å². The standard InChI is InChI=1S/C15H32N2/c1-13(2)10-17(11-14(3)4)9-8-15(12-16)6-5-7-15/h13-14H,5-12,16H2,1-4H3. The summed E-state index contributed by atoms with van der Waals surface area (Å²) in [4.78, 5) is 2.64. The summed E-state index contributed by atoms with van der Waals surface area (Å²) in [6.45, 7) is 13.9. The smallest absolute Gasteiger partial charge is 0.000450 e. The van der Waals surface area contributed by atoms with Gasteiger partial charge in [0.1, 0.15) is 0 Å². The van der Waals surface area contributed by atoms with Gasteiger partial charge in [0.05, 0.1) is 0 Å². The van der Waals surface area contributed by atoms with Crippen LogP contribution >= 0.6 is 0 Å². The van der Waals surface area contributed by atoms with Crippen LogP contribution in [-0.2, 0) is 0 Å². The van der Waals surface area contributed by atoms with E-state index in [1.807, 2.05) is 0 Å². The average Bonchev–Trinajstić information content (AvgIpc) is 2.14. The maximum Gasteiger partial charge on any atom is 0.000450 e. The molecule has 0 aliphatic heterocycles. The molecule has 0 saturated heterocycles. The van der Waals surface area contributed by atoms with Crippen LogP contribution in [0.1, 0.15) is 53.4 Å². The van der Waals surface area contributed by atoms with Crippen LogP contribution in [0.25, 0.3) is 0 Å². The van der Waals surface area contributed by atoms with Crippen LogP contribution in [0.5, 0.6) is 0 Å². The molecular weight excluding hydrogens is 208 g/mol. The van der Waals surface area contributed by atoms with E-state index in [2.05, 4.69) is 32.6 Å². The lowest BCUT2D eigenvalue weighted by Gasteiger charge is -2.42. The monoisotopic (exact) mass is 240 g/mol. The summed E-state index contributed by atoms with van der Waals surface area (Å²) in [5, 5.41) is 0. The average molecular weight is 240 g/mol. The van der Waals surface area contributed by atoms with Crippen molar-refractivity contribution in [2.24, 2.45) is 23.0 Å². The van der Waals surface area contributed by atoms with E-state index in [4.69, 9.17) is 5.73 Å². The highest BCUT2D eigenvalue weighted by molar-refractivity contribution is 4.89. The van der Waals surface area contributed by atoms with Gasteiger partial charge in [-0.15, -0.1) is 0 Å². The summed E-state index contributed by atoms with van der Waals surface area (Å²) in [6.07, 6.45) is 5.43. The molecule has 0 aromatic carbocycles. The number of nitrogens with two attached hydrogens (primary N) is 1. The van der Waals surface area contributed by atoms with Crippen molar-refractivity contribution in [2.45, 2.75) is 53.4 Å². The highest BCUT2D eigenvalue weighted by Gasteiger charge is 2.35. The third-order valence-corrected chi connectivity index (χ3v) is 4.05. The summed E-state index contributed by atoms with van der Waals surface area (Å²) >= 11 is 0. The minimum absolute atomic E-state index is 0.506. The van der Waals surface area contributed by atoms with Crippen molar-refractivity contribution in [1.82, 2.24) is 4.90 Å². The fraction of sp³-hybridized carbons (Fsp3) is 1.00. The van der Waals surface area contributed by atoms with Crippen LogP contribution in [0, 0.1) is 17.3 Å². The lowest BCUT2D eigenvalue weighted by atomic mass is 9.66. The Hall–Kier alpha value is -0.0800. The van der Waals surface area contributed by atoms with Crippen LogP contribution in [0.3, 0.4) is 0 Å². The molecule has 1 rings (SSSR count). The third-order valence-electron chi connectivity index (χ3n) is 4.05. The molecule has 0 atom stereocenters. The quantitative estimate of drug-likeness (QED) is 0.706. The number of nitrogens with zero attached hydrogens (tertiary/aromatic N) is 1. The molecule has 0 amide bonds. The molecule has 0 aromatic rings. The SMILES string of the molecule is CC(C)CN(CCC1(CN)CCC1)CC(C)C. The van der Waals surface area contributed by atoms with Crippen molar-refractivity contribution in [3.63, 3.8) is 0 Å². The van der Waals surface area contributed by atoms with E-state index in [0.29, 0.717) is 5.41 Å². The molecule has 0 heterocycles. The van der Waals surface area contributed by atoms with E-state index in [9.17, 15) is 0 Å². The molecule has 0 spiro atoms. The van der Waals surface area contributed by atoms with Crippen LogP contribution in [0.4, 0.5) is 0 Å². The topological polar surface area (TPSA) is 29.3 Å². The van der Waals surface area contributed by atoms with Crippen molar-refractivity contribution >= 4 is 0 Å². The molecule has 2 nitrogen and oxygen atoms in total. The molecule has 1 aliphatic carbocycles. The van der Waals surface area contributed by atoms with Crippen molar-refractivity contribution < 1.29 is 0 Å². The summed E-state index contributed by atoms with van der Waals surface area (Å²) in [5.41, 5.74) is 6.45. The Morgan fingerprint density at radius 2 is 1.59 bits per heavy atom. The first kappa shape index (κ1) is 15.0. The fourth-order valence-electron chi connectivity index (χ4n) is 2.92. The van der Waals surface area contributed by atoms with Crippen LogP contribution in [0.2, 0.25) is 0 Å². The maximum absolute atomic E-state index is 5.94. The van der Waals surface area contributed by atoms with Crippen molar-refractivity contribution in [2.75, 3.05) is 26.2 Å². The molecule has 2 heteroatoms. The van der Waals surface area contributed by atoms with Gasteiger partial charge < -0.3 is 10.6 Å². The van der Waals surface area contributed by atoms with Gasteiger partial charge in [-0.05, 0) is 49.6 Å². The third kappa shape index (κ3) is 4.97. The summed E-state index contributed by atoms with van der Waals surface area (Å²) in [7, 11) is 0. The Bertz CT molecular complexity index is 191. The molecule has 0 unspecified atom stereocenters. The van der Waals surface area contributed by atoms with E-state index in [-0.39, 0.29) is 0 Å². The lowest BCUT2D eigenvalue weighted by molar-refractivity contribution is 0.0982. The van der Waals surface area contributed by atoms with Gasteiger partial charge in [0, 0.05) is 13.1 Å². The number of hydrogen-bond donors (Lipinski definition) is 1. The first-order valence-electron chi connectivity index (χ1n) is 7.40. The zero-order valence-corrected chi connectivity index (χ0v) is 12.3. The first-order chi connectivity index (χ1) is 7.97. The predicted octanol–water partition coefficient (Wildman–Crippen LogP) is 3.12. The summed E-state index contributed by atoms with van der Waals surface area (Å²) in [5.74, 6) is 1.54. The predicted molar refractivity (Wildman–Crippen MR) is 76.1 cm³/mol. The van der Waals surface area contributed by atoms with Gasteiger partial charge in [0.15, 0.2) is 0 Å². The molecule has 0 aromatic heterocycles. The van der Waals surface area contributed by atoms with Crippen LogP contribution in [-0.4, -0.2) is 31.1 Å². The second-order valence-electron chi connectivity index (χ2n) is 6.85. The number of hydrogen-bond acceptors (Lipinski definition) is 2. The van der Waals surface area contributed by atoms with E-state index >= 15 is 0 Å². The molecule has 1 aliphatic rings. The second kappa shape index (κ2) is 6.75. The maximum atomic E-state index is 5.94. The minimum atomic E-state index is 0.506. The van der Waals surface area contributed by atoms with Crippen LogP contribution < -0.4 is 5.73 Å². The number of rotatable bonds is 8. The highest BCUT2D eigenvalue weighted by atomic mass is 15.1. The summed E-state index contributed by atoms with van der Waals surface area (Å²) < 4.78 is 0. The Morgan fingerprint density at radius 1 is 1.06 bits per heavy atom. The van der Waals surface area contributed by atoms with Gasteiger partial charge in [-0.3, -0.25) is 0 Å². The van der Waals surface area contributed by atoms with Gasteiger partial charge in [-0.2, -0.15) is 0 Å². The molecule has 0 radical (unpaired) electrons. The Morgan fingerprint density at radius 3 is 1.88 bits per heavy atom. The largest absolute Gasteiger partial charge is 0.330 e. The minimum Gasteiger partial charge on any atom is -0.330 e. The van der Waals surface area contributed by atoms with Gasteiger partial charge >= 0.3 is 0 Å². The molecule has 102 valence electrons. The highest BCUT2D eigenvalue weighted by Crippen LogP contribution is 2.42. The molecule has 1 fully saturated rings. The van der Waals surface area contributed by atoms with Crippen molar-refractivity contribution in [3.05, 3.63) is 0 Å². The molecule has 0 bridgehead atoms. The summed E-state index contributed by atoms with van der Waals surface area (Å²) in [6, 6.07) is 0. The van der Waals surface area contributed by atoms with Gasteiger partial charge in [0.2, 0.25) is 0 Å². The Labute approximate surface area is 108 Å². The normalized spacial score (nSPS) is 19.1. The first-order valence-corrected chi connectivity index (χ1v) is 7.40. The van der Waals surface area contributed by atoms with Gasteiger partial charge in [0.25, 0.3) is 0 Å². The fourth-order valence-corrected chi connectivity index (χ4v) is 2.92. The molecule has 17 heavy (non-hydrogen) atoms.